The van der Waals surface area contributed by atoms with Gasteiger partial charge in [0.15, 0.2) is 11.5 Å². The minimum atomic E-state index is -0.472. The second kappa shape index (κ2) is 8.45. The van der Waals surface area contributed by atoms with Crippen molar-refractivity contribution in [2.24, 2.45) is 0 Å². The average Bonchev–Trinajstić information content (AvgIpc) is 3.08. The minimum absolute atomic E-state index is 0.0986. The first-order valence-electron chi connectivity index (χ1n) is 8.68. The summed E-state index contributed by atoms with van der Waals surface area (Å²) in [4.78, 5) is 41.0. The minimum Gasteiger partial charge on any atom is -0.383 e. The van der Waals surface area contributed by atoms with Crippen molar-refractivity contribution in [3.05, 3.63) is 65.7 Å². The lowest BCUT2D eigenvalue weighted by molar-refractivity contribution is 0.0925. The Labute approximate surface area is 161 Å². The van der Waals surface area contributed by atoms with Crippen molar-refractivity contribution in [2.45, 2.75) is 6.92 Å². The molecule has 0 atom stereocenters. The number of carbonyl (C=O) groups is 3. The standard InChI is InChI=1S/C20H20N4O4/c1-13(25)14-6-5-7-15(12-14)22-19(26)17-16-8-3-4-10-24(16)18(23-17)20(27)21-9-11-28-2/h3-8,10,12H,9,11H2,1-2H3,(H,21,27)(H,22,26). The Morgan fingerprint density at radius 1 is 1.11 bits per heavy atom. The Kier molecular flexibility index (Phi) is 5.81. The van der Waals surface area contributed by atoms with Gasteiger partial charge in [0.2, 0.25) is 5.82 Å². The molecule has 0 bridgehead atoms. The highest BCUT2D eigenvalue weighted by Gasteiger charge is 2.21. The van der Waals surface area contributed by atoms with E-state index in [1.807, 2.05) is 0 Å². The molecule has 0 saturated carbocycles. The van der Waals surface area contributed by atoms with Crippen molar-refractivity contribution in [2.75, 3.05) is 25.6 Å². The number of fused-ring (bicyclic) bond motifs is 1. The largest absolute Gasteiger partial charge is 0.383 e. The molecule has 28 heavy (non-hydrogen) atoms. The van der Waals surface area contributed by atoms with E-state index < -0.39 is 11.8 Å². The fourth-order valence-electron chi connectivity index (χ4n) is 2.72. The van der Waals surface area contributed by atoms with Gasteiger partial charge in [-0.3, -0.25) is 18.8 Å². The summed E-state index contributed by atoms with van der Waals surface area (Å²) in [6.07, 6.45) is 1.67. The van der Waals surface area contributed by atoms with E-state index in [4.69, 9.17) is 4.74 Å². The second-order valence-electron chi connectivity index (χ2n) is 6.08. The second-order valence-corrected chi connectivity index (χ2v) is 6.08. The molecule has 2 N–H and O–H groups in total. The van der Waals surface area contributed by atoms with Gasteiger partial charge in [-0.15, -0.1) is 0 Å². The Bertz CT molecular complexity index is 1040. The number of Topliss-reactive ketones (excluding diaryl/α,β-unsaturated/α-hetero) is 1. The number of benzene rings is 1. The molecule has 0 unspecified atom stereocenters. The molecule has 2 heterocycles. The number of anilines is 1. The van der Waals surface area contributed by atoms with Gasteiger partial charge >= 0.3 is 0 Å². The number of aromatic nitrogens is 2. The Morgan fingerprint density at radius 3 is 2.68 bits per heavy atom. The van der Waals surface area contributed by atoms with Crippen LogP contribution < -0.4 is 10.6 Å². The van der Waals surface area contributed by atoms with Gasteiger partial charge in [-0.1, -0.05) is 18.2 Å². The van der Waals surface area contributed by atoms with E-state index in [0.29, 0.717) is 29.9 Å². The third kappa shape index (κ3) is 4.07. The van der Waals surface area contributed by atoms with E-state index in [0.717, 1.165) is 0 Å². The number of hydrogen-bond donors (Lipinski definition) is 2. The molecule has 0 aliphatic carbocycles. The number of ketones is 1. The van der Waals surface area contributed by atoms with Gasteiger partial charge in [0.05, 0.1) is 12.1 Å². The maximum absolute atomic E-state index is 12.8. The average molecular weight is 380 g/mol. The SMILES string of the molecule is COCCNC(=O)c1nc(C(=O)Nc2cccc(C(C)=O)c2)c2ccccn12. The van der Waals surface area contributed by atoms with Crippen molar-refractivity contribution in [1.82, 2.24) is 14.7 Å². The molecule has 8 nitrogen and oxygen atoms in total. The predicted octanol–water partition coefficient (Wildman–Crippen LogP) is 2.17. The Balaban J connectivity index is 1.90. The van der Waals surface area contributed by atoms with Crippen LogP contribution in [-0.4, -0.2) is 47.2 Å². The van der Waals surface area contributed by atoms with Crippen molar-refractivity contribution in [3.63, 3.8) is 0 Å². The van der Waals surface area contributed by atoms with E-state index in [2.05, 4.69) is 15.6 Å². The van der Waals surface area contributed by atoms with Gasteiger partial charge in [-0.2, -0.15) is 0 Å². The lowest BCUT2D eigenvalue weighted by atomic mass is 10.1. The molecule has 0 aliphatic rings. The van der Waals surface area contributed by atoms with E-state index in [1.165, 1.54) is 6.92 Å². The monoisotopic (exact) mass is 380 g/mol. The maximum atomic E-state index is 12.8. The third-order valence-corrected chi connectivity index (χ3v) is 4.09. The van der Waals surface area contributed by atoms with Crippen LogP contribution in [0.15, 0.2) is 48.7 Å². The third-order valence-electron chi connectivity index (χ3n) is 4.09. The number of hydrogen-bond acceptors (Lipinski definition) is 5. The van der Waals surface area contributed by atoms with Crippen LogP contribution in [0.25, 0.3) is 5.52 Å². The lowest BCUT2D eigenvalue weighted by Crippen LogP contribution is -2.28. The molecule has 0 radical (unpaired) electrons. The molecule has 8 heteroatoms. The molecule has 3 aromatic rings. The Morgan fingerprint density at radius 2 is 1.93 bits per heavy atom. The number of amides is 2. The number of ether oxygens (including phenoxy) is 1. The molecule has 0 aliphatic heterocycles. The normalized spacial score (nSPS) is 10.6. The smallest absolute Gasteiger partial charge is 0.287 e. The number of nitrogens with one attached hydrogen (secondary N) is 2. The molecule has 1 aromatic carbocycles. The van der Waals surface area contributed by atoms with Gasteiger partial charge in [0.1, 0.15) is 0 Å². The zero-order chi connectivity index (χ0) is 20.1. The maximum Gasteiger partial charge on any atom is 0.287 e. The van der Waals surface area contributed by atoms with Crippen molar-refractivity contribution >= 4 is 28.8 Å². The molecule has 0 fully saturated rings. The van der Waals surface area contributed by atoms with E-state index in [-0.39, 0.29) is 17.3 Å². The van der Waals surface area contributed by atoms with Crippen LogP contribution in [0.3, 0.4) is 0 Å². The summed E-state index contributed by atoms with van der Waals surface area (Å²) in [6.45, 7) is 2.16. The van der Waals surface area contributed by atoms with Crippen LogP contribution in [0.4, 0.5) is 5.69 Å². The summed E-state index contributed by atoms with van der Waals surface area (Å²) in [6, 6.07) is 11.9. The van der Waals surface area contributed by atoms with Crippen molar-refractivity contribution in [3.8, 4) is 0 Å². The molecule has 3 rings (SSSR count). The summed E-state index contributed by atoms with van der Waals surface area (Å²) >= 11 is 0. The summed E-state index contributed by atoms with van der Waals surface area (Å²) in [5, 5.41) is 5.43. The molecular weight excluding hydrogens is 360 g/mol. The quantitative estimate of drug-likeness (QED) is 0.483. The highest BCUT2D eigenvalue weighted by atomic mass is 16.5. The fourth-order valence-corrected chi connectivity index (χ4v) is 2.72. The van der Waals surface area contributed by atoms with Gasteiger partial charge in [0, 0.05) is 31.1 Å². The van der Waals surface area contributed by atoms with Crippen molar-refractivity contribution < 1.29 is 19.1 Å². The highest BCUT2D eigenvalue weighted by Crippen LogP contribution is 2.17. The van der Waals surface area contributed by atoms with E-state index in [9.17, 15) is 14.4 Å². The lowest BCUT2D eigenvalue weighted by Gasteiger charge is -2.05. The van der Waals surface area contributed by atoms with Gasteiger partial charge in [-0.05, 0) is 31.2 Å². The summed E-state index contributed by atoms with van der Waals surface area (Å²) < 4.78 is 6.48. The van der Waals surface area contributed by atoms with Crippen LogP contribution in [0.2, 0.25) is 0 Å². The summed E-state index contributed by atoms with van der Waals surface area (Å²) in [5.41, 5.74) is 1.58. The molecule has 2 amide bonds. The molecular formula is C20H20N4O4. The zero-order valence-electron chi connectivity index (χ0n) is 15.6. The van der Waals surface area contributed by atoms with Crippen LogP contribution >= 0.6 is 0 Å². The van der Waals surface area contributed by atoms with E-state index in [1.54, 1.807) is 60.2 Å². The number of carbonyl (C=O) groups excluding carboxylic acids is 3. The topological polar surface area (TPSA) is 102 Å². The number of pyridine rings is 1. The van der Waals surface area contributed by atoms with Crippen LogP contribution in [0.1, 0.15) is 38.4 Å². The first-order valence-corrected chi connectivity index (χ1v) is 8.68. The van der Waals surface area contributed by atoms with Crippen LogP contribution in [0, 0.1) is 0 Å². The van der Waals surface area contributed by atoms with Crippen LogP contribution in [-0.2, 0) is 4.74 Å². The van der Waals surface area contributed by atoms with Crippen molar-refractivity contribution in [1.29, 1.82) is 0 Å². The molecule has 144 valence electrons. The number of nitrogens with zero attached hydrogens (tertiary/aromatic N) is 2. The van der Waals surface area contributed by atoms with Gasteiger partial charge < -0.3 is 15.4 Å². The fraction of sp³-hybridized carbons (Fsp3) is 0.200. The number of imidazole rings is 1. The predicted molar refractivity (Wildman–Crippen MR) is 104 cm³/mol. The van der Waals surface area contributed by atoms with Gasteiger partial charge in [0.25, 0.3) is 11.8 Å². The first-order chi connectivity index (χ1) is 13.5. The molecule has 0 spiro atoms. The summed E-state index contributed by atoms with van der Waals surface area (Å²) in [5.74, 6) is -0.871. The van der Waals surface area contributed by atoms with E-state index >= 15 is 0 Å². The summed E-state index contributed by atoms with van der Waals surface area (Å²) in [7, 11) is 1.54. The van der Waals surface area contributed by atoms with Gasteiger partial charge in [-0.25, -0.2) is 4.98 Å². The number of rotatable bonds is 7. The van der Waals surface area contributed by atoms with Crippen LogP contribution in [0.5, 0.6) is 0 Å². The zero-order valence-corrected chi connectivity index (χ0v) is 15.6. The Hall–Kier alpha value is -3.52. The molecule has 0 saturated heterocycles. The highest BCUT2D eigenvalue weighted by molar-refractivity contribution is 6.09. The first kappa shape index (κ1) is 19.2. The molecule has 2 aromatic heterocycles. The number of methoxy groups -OCH3 is 1.